The number of hydrogen-bond acceptors (Lipinski definition) is 3. The van der Waals surface area contributed by atoms with Crippen LogP contribution in [0.5, 0.6) is 0 Å². The fourth-order valence-electron chi connectivity index (χ4n) is 2.42. The van der Waals surface area contributed by atoms with Crippen LogP contribution in [0.1, 0.15) is 16.1 Å². The lowest BCUT2D eigenvalue weighted by atomic mass is 10.1. The van der Waals surface area contributed by atoms with Gasteiger partial charge >= 0.3 is 0 Å². The molecule has 2 aromatic heterocycles. The van der Waals surface area contributed by atoms with Crippen molar-refractivity contribution in [3.05, 3.63) is 51.4 Å². The Hall–Kier alpha value is -1.43. The summed E-state index contributed by atoms with van der Waals surface area (Å²) in [6, 6.07) is 5.20. The third kappa shape index (κ3) is 2.57. The van der Waals surface area contributed by atoms with E-state index in [0.29, 0.717) is 23.5 Å². The molecule has 1 N–H and O–H groups in total. The molecule has 6 heteroatoms. The van der Waals surface area contributed by atoms with Crippen molar-refractivity contribution in [1.29, 1.82) is 0 Å². The number of fused-ring (bicyclic) bond motifs is 1. The van der Waals surface area contributed by atoms with E-state index < -0.39 is 0 Å². The maximum atomic E-state index is 14.2. The van der Waals surface area contributed by atoms with E-state index in [1.165, 1.54) is 6.07 Å². The van der Waals surface area contributed by atoms with Crippen LogP contribution < -0.4 is 5.32 Å². The van der Waals surface area contributed by atoms with Gasteiger partial charge in [0.1, 0.15) is 5.82 Å². The van der Waals surface area contributed by atoms with Gasteiger partial charge in [-0.1, -0.05) is 17.7 Å². The average molecular weight is 324 g/mol. The van der Waals surface area contributed by atoms with Crippen LogP contribution in [-0.4, -0.2) is 16.8 Å². The van der Waals surface area contributed by atoms with Gasteiger partial charge in [0.15, 0.2) is 0 Å². The van der Waals surface area contributed by atoms with E-state index in [2.05, 4.69) is 10.4 Å². The van der Waals surface area contributed by atoms with Crippen molar-refractivity contribution in [2.24, 2.45) is 0 Å². The maximum Gasteiger partial charge on any atom is 0.132 e. The first-order valence-electron chi connectivity index (χ1n) is 6.63. The van der Waals surface area contributed by atoms with E-state index in [1.807, 2.05) is 24.7 Å². The molecule has 0 bridgehead atoms. The van der Waals surface area contributed by atoms with Crippen LogP contribution in [0.15, 0.2) is 24.4 Å². The van der Waals surface area contributed by atoms with Gasteiger partial charge in [0.05, 0.1) is 23.5 Å². The normalized spacial score (nSPS) is 11.4. The summed E-state index contributed by atoms with van der Waals surface area (Å²) in [5.74, 6) is -0.183. The largest absolute Gasteiger partial charge is 0.315 e. The Bertz CT molecular complexity index is 794. The summed E-state index contributed by atoms with van der Waals surface area (Å²) in [4.78, 5) is 1.13. The van der Waals surface area contributed by atoms with Crippen LogP contribution in [0.3, 0.4) is 0 Å². The minimum absolute atomic E-state index is 0.183. The Kier molecular flexibility index (Phi) is 3.97. The van der Waals surface area contributed by atoms with E-state index >= 15 is 0 Å². The van der Waals surface area contributed by atoms with Crippen LogP contribution in [0.2, 0.25) is 5.02 Å². The average Bonchev–Trinajstić information content (AvgIpc) is 2.96. The Morgan fingerprint density at radius 2 is 2.24 bits per heavy atom. The quantitative estimate of drug-likeness (QED) is 0.787. The molecule has 0 saturated carbocycles. The summed E-state index contributed by atoms with van der Waals surface area (Å²) >= 11 is 7.67. The molecule has 0 saturated heterocycles. The van der Waals surface area contributed by atoms with Gasteiger partial charge in [-0.15, -0.1) is 11.3 Å². The molecule has 0 unspecified atom stereocenters. The zero-order chi connectivity index (χ0) is 15.0. The van der Waals surface area contributed by atoms with Gasteiger partial charge in [-0.05, 0) is 31.7 Å². The summed E-state index contributed by atoms with van der Waals surface area (Å²) in [5, 5.41) is 8.74. The fraction of sp³-hybridized carbons (Fsp3) is 0.267. The van der Waals surface area contributed by atoms with Crippen molar-refractivity contribution < 1.29 is 4.39 Å². The minimum atomic E-state index is -0.183. The molecular formula is C15H15ClFN3S. The van der Waals surface area contributed by atoms with E-state index in [9.17, 15) is 4.39 Å². The molecule has 2 heterocycles. The Balaban J connectivity index is 2.15. The fourth-order valence-corrected chi connectivity index (χ4v) is 3.80. The topological polar surface area (TPSA) is 29.9 Å². The lowest BCUT2D eigenvalue weighted by Gasteiger charge is -2.07. The molecule has 110 valence electrons. The van der Waals surface area contributed by atoms with Crippen LogP contribution in [0.25, 0.3) is 10.1 Å². The number of hydrogen-bond donors (Lipinski definition) is 1. The van der Waals surface area contributed by atoms with Crippen molar-refractivity contribution in [2.45, 2.75) is 20.0 Å². The summed E-state index contributed by atoms with van der Waals surface area (Å²) in [7, 11) is 1.89. The highest BCUT2D eigenvalue weighted by Gasteiger charge is 2.17. The van der Waals surface area contributed by atoms with Gasteiger partial charge in [-0.3, -0.25) is 4.68 Å². The number of thiophene rings is 1. The number of rotatable bonds is 4. The SMILES string of the molecule is CNCc1sc2cccc(F)c2c1Cn1ncc(Cl)c1C. The van der Waals surface area contributed by atoms with Crippen LogP contribution in [0.4, 0.5) is 4.39 Å². The Labute approximate surface area is 131 Å². The zero-order valence-electron chi connectivity index (χ0n) is 11.8. The molecule has 21 heavy (non-hydrogen) atoms. The molecule has 0 aliphatic carbocycles. The highest BCUT2D eigenvalue weighted by molar-refractivity contribution is 7.19. The predicted octanol–water partition coefficient (Wildman–Crippen LogP) is 3.97. The molecule has 1 aromatic carbocycles. The molecule has 0 aliphatic heterocycles. The first-order valence-corrected chi connectivity index (χ1v) is 7.82. The van der Waals surface area contributed by atoms with Gasteiger partial charge in [-0.25, -0.2) is 4.39 Å². The molecule has 0 amide bonds. The van der Waals surface area contributed by atoms with Crippen molar-refractivity contribution in [1.82, 2.24) is 15.1 Å². The van der Waals surface area contributed by atoms with Crippen molar-refractivity contribution in [2.75, 3.05) is 7.05 Å². The van der Waals surface area contributed by atoms with Gasteiger partial charge < -0.3 is 5.32 Å². The Morgan fingerprint density at radius 1 is 1.43 bits per heavy atom. The van der Waals surface area contributed by atoms with Crippen LogP contribution >= 0.6 is 22.9 Å². The van der Waals surface area contributed by atoms with Gasteiger partial charge in [0.2, 0.25) is 0 Å². The first kappa shape index (κ1) is 14.5. The number of nitrogens with one attached hydrogen (secondary N) is 1. The van der Waals surface area contributed by atoms with Crippen molar-refractivity contribution in [3.8, 4) is 0 Å². The molecular weight excluding hydrogens is 309 g/mol. The molecule has 0 radical (unpaired) electrons. The number of nitrogens with zero attached hydrogens (tertiary/aromatic N) is 2. The monoisotopic (exact) mass is 323 g/mol. The lowest BCUT2D eigenvalue weighted by Crippen LogP contribution is -2.09. The van der Waals surface area contributed by atoms with Crippen LogP contribution in [-0.2, 0) is 13.1 Å². The van der Waals surface area contributed by atoms with E-state index in [4.69, 9.17) is 11.6 Å². The standard InChI is InChI=1S/C15H15ClFN3S/c1-9-11(16)6-19-20(9)8-10-14(7-18-2)21-13-5-3-4-12(17)15(10)13/h3-6,18H,7-8H2,1-2H3. The van der Waals surface area contributed by atoms with E-state index in [0.717, 1.165) is 20.8 Å². The van der Waals surface area contributed by atoms with Gasteiger partial charge in [0, 0.05) is 21.5 Å². The molecule has 3 aromatic rings. The van der Waals surface area contributed by atoms with Crippen molar-refractivity contribution in [3.63, 3.8) is 0 Å². The lowest BCUT2D eigenvalue weighted by molar-refractivity contribution is 0.631. The summed E-state index contributed by atoms with van der Waals surface area (Å²) in [6.45, 7) is 3.15. The second-order valence-electron chi connectivity index (χ2n) is 4.88. The highest BCUT2D eigenvalue weighted by Crippen LogP contribution is 2.34. The number of benzene rings is 1. The smallest absolute Gasteiger partial charge is 0.132 e. The first-order chi connectivity index (χ1) is 10.1. The molecule has 3 rings (SSSR count). The predicted molar refractivity (Wildman–Crippen MR) is 85.6 cm³/mol. The summed E-state index contributed by atoms with van der Waals surface area (Å²) < 4.78 is 17.0. The van der Waals surface area contributed by atoms with Crippen LogP contribution in [0, 0.1) is 12.7 Å². The third-order valence-electron chi connectivity index (χ3n) is 3.54. The molecule has 0 atom stereocenters. The second-order valence-corrected chi connectivity index (χ2v) is 6.43. The summed E-state index contributed by atoms with van der Waals surface area (Å²) in [6.07, 6.45) is 1.62. The third-order valence-corrected chi connectivity index (χ3v) is 5.10. The summed E-state index contributed by atoms with van der Waals surface area (Å²) in [5.41, 5.74) is 1.87. The molecule has 3 nitrogen and oxygen atoms in total. The zero-order valence-corrected chi connectivity index (χ0v) is 13.4. The maximum absolute atomic E-state index is 14.2. The van der Waals surface area contributed by atoms with E-state index in [1.54, 1.807) is 23.6 Å². The van der Waals surface area contributed by atoms with E-state index in [-0.39, 0.29) is 5.82 Å². The Morgan fingerprint density at radius 3 is 2.90 bits per heavy atom. The highest BCUT2D eigenvalue weighted by atomic mass is 35.5. The van der Waals surface area contributed by atoms with Gasteiger partial charge in [-0.2, -0.15) is 5.10 Å². The minimum Gasteiger partial charge on any atom is -0.315 e. The molecule has 0 spiro atoms. The number of halogens is 2. The number of aromatic nitrogens is 2. The molecule has 0 fully saturated rings. The molecule has 0 aliphatic rings. The van der Waals surface area contributed by atoms with Gasteiger partial charge in [0.25, 0.3) is 0 Å². The second kappa shape index (κ2) is 5.75. The van der Waals surface area contributed by atoms with Crippen molar-refractivity contribution >= 4 is 33.0 Å².